The molecule has 0 bridgehead atoms. The lowest BCUT2D eigenvalue weighted by Gasteiger charge is -2.31. The van der Waals surface area contributed by atoms with Crippen molar-refractivity contribution in [3.8, 4) is 0 Å². The Balaban J connectivity index is 2.11. The van der Waals surface area contributed by atoms with Crippen molar-refractivity contribution in [2.24, 2.45) is 5.92 Å². The first-order chi connectivity index (χ1) is 9.22. The third-order valence-corrected chi connectivity index (χ3v) is 4.42. The quantitative estimate of drug-likeness (QED) is 0.889. The fraction of sp³-hybridized carbons (Fsp3) is 0.600. The smallest absolute Gasteiger partial charge is 0.0509 e. The van der Waals surface area contributed by atoms with Gasteiger partial charge >= 0.3 is 0 Å². The number of likely N-dealkylation sites (N-methyl/N-ethyl adjacent to an activating group) is 1. The molecule has 1 aromatic carbocycles. The fourth-order valence-corrected chi connectivity index (χ4v) is 3.25. The standard InChI is InChI=1S/C15H21Cl2NO/c1-2-18-15(11-5-4-8-19-10-11)9-12-13(16)6-3-7-14(12)17/h3,6-7,11,15,18H,2,4-5,8-10H2,1H3. The summed E-state index contributed by atoms with van der Waals surface area (Å²) in [7, 11) is 0. The zero-order valence-electron chi connectivity index (χ0n) is 11.3. The monoisotopic (exact) mass is 301 g/mol. The molecule has 2 nitrogen and oxygen atoms in total. The topological polar surface area (TPSA) is 21.3 Å². The molecule has 1 N–H and O–H groups in total. The maximum Gasteiger partial charge on any atom is 0.0509 e. The number of hydrogen-bond acceptors (Lipinski definition) is 2. The Morgan fingerprint density at radius 2 is 2.11 bits per heavy atom. The molecular formula is C15H21Cl2NO. The number of hydrogen-bond donors (Lipinski definition) is 1. The van der Waals surface area contributed by atoms with Gasteiger partial charge in [-0.25, -0.2) is 0 Å². The van der Waals surface area contributed by atoms with Gasteiger partial charge in [0.2, 0.25) is 0 Å². The molecule has 0 amide bonds. The van der Waals surface area contributed by atoms with Crippen molar-refractivity contribution in [1.29, 1.82) is 0 Å². The molecule has 1 heterocycles. The van der Waals surface area contributed by atoms with Crippen LogP contribution in [0.3, 0.4) is 0 Å². The van der Waals surface area contributed by atoms with E-state index in [4.69, 9.17) is 27.9 Å². The van der Waals surface area contributed by atoms with E-state index in [9.17, 15) is 0 Å². The molecule has 2 rings (SSSR count). The maximum absolute atomic E-state index is 6.27. The molecule has 106 valence electrons. The van der Waals surface area contributed by atoms with Crippen LogP contribution in [0.1, 0.15) is 25.3 Å². The van der Waals surface area contributed by atoms with Gasteiger partial charge in [0, 0.05) is 22.7 Å². The van der Waals surface area contributed by atoms with Crippen LogP contribution in [-0.2, 0) is 11.2 Å². The molecule has 0 spiro atoms. The first kappa shape index (κ1) is 15.1. The van der Waals surface area contributed by atoms with Crippen molar-refractivity contribution >= 4 is 23.2 Å². The molecule has 2 unspecified atom stereocenters. The van der Waals surface area contributed by atoms with Crippen molar-refractivity contribution < 1.29 is 4.74 Å². The second-order valence-electron chi connectivity index (χ2n) is 5.05. The number of halogens is 2. The summed E-state index contributed by atoms with van der Waals surface area (Å²) >= 11 is 12.5. The lowest BCUT2D eigenvalue weighted by Crippen LogP contribution is -2.41. The van der Waals surface area contributed by atoms with Gasteiger partial charge in [-0.05, 0) is 49.4 Å². The third kappa shape index (κ3) is 4.09. The molecule has 2 atom stereocenters. The van der Waals surface area contributed by atoms with Gasteiger partial charge < -0.3 is 10.1 Å². The lowest BCUT2D eigenvalue weighted by molar-refractivity contribution is 0.0396. The van der Waals surface area contributed by atoms with E-state index in [1.165, 1.54) is 6.42 Å². The summed E-state index contributed by atoms with van der Waals surface area (Å²) in [6.45, 7) is 4.80. The fourth-order valence-electron chi connectivity index (χ4n) is 2.70. The maximum atomic E-state index is 6.27. The molecule has 0 radical (unpaired) electrons. The van der Waals surface area contributed by atoms with Gasteiger partial charge in [-0.3, -0.25) is 0 Å². The van der Waals surface area contributed by atoms with Crippen molar-refractivity contribution in [3.05, 3.63) is 33.8 Å². The summed E-state index contributed by atoms with van der Waals surface area (Å²) in [6, 6.07) is 6.08. The van der Waals surface area contributed by atoms with Crippen LogP contribution in [0.25, 0.3) is 0 Å². The molecule has 1 aromatic rings. The van der Waals surface area contributed by atoms with Crippen LogP contribution < -0.4 is 5.32 Å². The highest BCUT2D eigenvalue weighted by molar-refractivity contribution is 6.36. The minimum absolute atomic E-state index is 0.378. The van der Waals surface area contributed by atoms with Gasteiger partial charge in [0.05, 0.1) is 6.61 Å². The van der Waals surface area contributed by atoms with Crippen molar-refractivity contribution in [3.63, 3.8) is 0 Å². The summed E-state index contributed by atoms with van der Waals surface area (Å²) < 4.78 is 5.60. The molecule has 1 fully saturated rings. The van der Waals surface area contributed by atoms with Crippen molar-refractivity contribution in [2.75, 3.05) is 19.8 Å². The highest BCUT2D eigenvalue weighted by atomic mass is 35.5. The zero-order chi connectivity index (χ0) is 13.7. The first-order valence-electron chi connectivity index (χ1n) is 6.96. The molecular weight excluding hydrogens is 281 g/mol. The van der Waals surface area contributed by atoms with Crippen LogP contribution >= 0.6 is 23.2 Å². The Labute approximate surface area is 125 Å². The number of ether oxygens (including phenoxy) is 1. The number of benzene rings is 1. The predicted molar refractivity (Wildman–Crippen MR) is 81.2 cm³/mol. The molecule has 1 saturated heterocycles. The molecule has 0 aromatic heterocycles. The summed E-state index contributed by atoms with van der Waals surface area (Å²) in [6.07, 6.45) is 3.21. The third-order valence-electron chi connectivity index (χ3n) is 3.72. The summed E-state index contributed by atoms with van der Waals surface area (Å²) in [4.78, 5) is 0. The highest BCUT2D eigenvalue weighted by Gasteiger charge is 2.25. The summed E-state index contributed by atoms with van der Waals surface area (Å²) in [5.41, 5.74) is 1.04. The van der Waals surface area contributed by atoms with E-state index in [0.29, 0.717) is 12.0 Å². The minimum atomic E-state index is 0.378. The van der Waals surface area contributed by atoms with Crippen molar-refractivity contribution in [2.45, 2.75) is 32.2 Å². The van der Waals surface area contributed by atoms with E-state index in [1.807, 2.05) is 18.2 Å². The predicted octanol–water partition coefficient (Wildman–Crippen LogP) is 3.94. The van der Waals surface area contributed by atoms with Crippen LogP contribution in [0, 0.1) is 5.92 Å². The highest BCUT2D eigenvalue weighted by Crippen LogP contribution is 2.28. The Morgan fingerprint density at radius 1 is 1.37 bits per heavy atom. The largest absolute Gasteiger partial charge is 0.381 e. The Morgan fingerprint density at radius 3 is 2.68 bits per heavy atom. The molecule has 0 aliphatic carbocycles. The van der Waals surface area contributed by atoms with Gasteiger partial charge in [-0.2, -0.15) is 0 Å². The van der Waals surface area contributed by atoms with Crippen LogP contribution in [0.2, 0.25) is 10.0 Å². The molecule has 19 heavy (non-hydrogen) atoms. The number of rotatable bonds is 5. The van der Waals surface area contributed by atoms with E-state index in [0.717, 1.165) is 48.2 Å². The van der Waals surface area contributed by atoms with E-state index >= 15 is 0 Å². The van der Waals surface area contributed by atoms with Crippen LogP contribution in [0.4, 0.5) is 0 Å². The molecule has 0 saturated carbocycles. The average Bonchev–Trinajstić information content (AvgIpc) is 2.43. The Bertz CT molecular complexity index is 385. The van der Waals surface area contributed by atoms with E-state index in [1.54, 1.807) is 0 Å². The normalized spacial score (nSPS) is 21.3. The van der Waals surface area contributed by atoms with Crippen LogP contribution in [0.15, 0.2) is 18.2 Å². The summed E-state index contributed by atoms with van der Waals surface area (Å²) in [5.74, 6) is 0.543. The van der Waals surface area contributed by atoms with E-state index < -0.39 is 0 Å². The van der Waals surface area contributed by atoms with Gasteiger partial charge in [0.15, 0.2) is 0 Å². The Hall–Kier alpha value is -0.280. The van der Waals surface area contributed by atoms with Crippen LogP contribution in [-0.4, -0.2) is 25.8 Å². The average molecular weight is 302 g/mol. The van der Waals surface area contributed by atoms with E-state index in [2.05, 4.69) is 12.2 Å². The lowest BCUT2D eigenvalue weighted by atomic mass is 9.89. The van der Waals surface area contributed by atoms with E-state index in [-0.39, 0.29) is 0 Å². The first-order valence-corrected chi connectivity index (χ1v) is 7.72. The van der Waals surface area contributed by atoms with Gasteiger partial charge in [0.25, 0.3) is 0 Å². The van der Waals surface area contributed by atoms with Crippen LogP contribution in [0.5, 0.6) is 0 Å². The van der Waals surface area contributed by atoms with Crippen molar-refractivity contribution in [1.82, 2.24) is 5.32 Å². The van der Waals surface area contributed by atoms with Gasteiger partial charge in [0.1, 0.15) is 0 Å². The molecule has 1 aliphatic rings. The minimum Gasteiger partial charge on any atom is -0.381 e. The van der Waals surface area contributed by atoms with Gasteiger partial charge in [-0.1, -0.05) is 36.2 Å². The number of nitrogens with one attached hydrogen (secondary N) is 1. The second kappa shape index (κ2) is 7.49. The zero-order valence-corrected chi connectivity index (χ0v) is 12.8. The second-order valence-corrected chi connectivity index (χ2v) is 5.86. The van der Waals surface area contributed by atoms with Gasteiger partial charge in [-0.15, -0.1) is 0 Å². The SMILES string of the molecule is CCNC(Cc1c(Cl)cccc1Cl)C1CCCOC1. The molecule has 4 heteroatoms. The molecule has 1 aliphatic heterocycles. The summed E-state index contributed by atoms with van der Waals surface area (Å²) in [5, 5.41) is 5.07. The Kier molecular flexibility index (Phi) is 5.96.